The number of rotatable bonds is 6. The van der Waals surface area contributed by atoms with Crippen LogP contribution in [0.15, 0.2) is 30.5 Å². The number of pyridine rings is 1. The number of hydrogen-bond donors (Lipinski definition) is 1. The Morgan fingerprint density at radius 1 is 1.22 bits per heavy atom. The molecule has 2 aliphatic rings. The molecule has 0 spiro atoms. The van der Waals surface area contributed by atoms with Gasteiger partial charge in [0.05, 0.1) is 31.9 Å². The van der Waals surface area contributed by atoms with E-state index in [4.69, 9.17) is 19.4 Å². The van der Waals surface area contributed by atoms with Crippen molar-refractivity contribution in [1.29, 1.82) is 0 Å². The molecule has 3 aromatic rings. The normalized spacial score (nSPS) is 22.8. The summed E-state index contributed by atoms with van der Waals surface area (Å²) in [5.74, 6) is 2.22. The average molecular weight is 493 g/mol. The molecule has 0 radical (unpaired) electrons. The molecule has 3 atom stereocenters. The molecule has 5 rings (SSSR count). The number of nitrogens with one attached hydrogen (secondary N) is 1. The van der Waals surface area contributed by atoms with E-state index < -0.39 is 0 Å². The maximum absolute atomic E-state index is 12.4. The lowest BCUT2D eigenvalue weighted by atomic mass is 10.1. The van der Waals surface area contributed by atoms with Gasteiger partial charge in [-0.1, -0.05) is 0 Å². The van der Waals surface area contributed by atoms with Gasteiger partial charge in [0, 0.05) is 49.5 Å². The molecular formula is C27H36N6O3. The van der Waals surface area contributed by atoms with Crippen LogP contribution in [0.5, 0.6) is 5.75 Å². The molecule has 2 fully saturated rings. The largest absolute Gasteiger partial charge is 0.494 e. The van der Waals surface area contributed by atoms with Crippen molar-refractivity contribution in [1.82, 2.24) is 24.8 Å². The van der Waals surface area contributed by atoms with E-state index in [-0.39, 0.29) is 12.0 Å². The van der Waals surface area contributed by atoms with Crippen LogP contribution in [0.25, 0.3) is 22.4 Å². The minimum absolute atomic E-state index is 0.0155. The lowest BCUT2D eigenvalue weighted by molar-refractivity contribution is -0.0267. The molecule has 9 nitrogen and oxygen atoms in total. The van der Waals surface area contributed by atoms with Crippen molar-refractivity contribution in [2.24, 2.45) is 0 Å². The Kier molecular flexibility index (Phi) is 6.85. The number of ether oxygens (including phenoxy) is 2. The van der Waals surface area contributed by atoms with Gasteiger partial charge in [-0.15, -0.1) is 0 Å². The lowest BCUT2D eigenvalue weighted by Gasteiger charge is -2.31. The number of amides is 1. The number of nitrogens with zero attached hydrogens (tertiary/aromatic N) is 5. The van der Waals surface area contributed by atoms with E-state index in [1.807, 2.05) is 12.3 Å². The zero-order chi connectivity index (χ0) is 25.4. The average Bonchev–Trinajstić information content (AvgIpc) is 3.42. The molecule has 192 valence electrons. The van der Waals surface area contributed by atoms with E-state index in [1.54, 1.807) is 20.2 Å². The number of morpholine rings is 1. The summed E-state index contributed by atoms with van der Waals surface area (Å²) in [6.07, 6.45) is 4.29. The van der Waals surface area contributed by atoms with Crippen molar-refractivity contribution in [3.8, 4) is 17.1 Å². The van der Waals surface area contributed by atoms with Gasteiger partial charge < -0.3 is 29.2 Å². The highest BCUT2D eigenvalue weighted by Gasteiger charge is 2.29. The number of carbonyl (C=O) groups excluding carboxylic acids is 1. The van der Waals surface area contributed by atoms with Crippen LogP contribution in [0, 0.1) is 0 Å². The number of aromatic nitrogens is 3. The van der Waals surface area contributed by atoms with Crippen molar-refractivity contribution in [3.05, 3.63) is 36.0 Å². The van der Waals surface area contributed by atoms with Crippen LogP contribution in [-0.4, -0.2) is 84.4 Å². The number of fused-ring (bicyclic) bond motifs is 1. The lowest BCUT2D eigenvalue weighted by Crippen LogP contribution is -2.42. The molecule has 1 N–H and O–H groups in total. The maximum Gasteiger partial charge on any atom is 0.251 e. The number of imidazole rings is 1. The van der Waals surface area contributed by atoms with Gasteiger partial charge in [0.25, 0.3) is 5.91 Å². The van der Waals surface area contributed by atoms with Gasteiger partial charge in [-0.25, -0.2) is 9.97 Å². The van der Waals surface area contributed by atoms with Gasteiger partial charge in [-0.3, -0.25) is 4.79 Å². The first-order valence-electron chi connectivity index (χ1n) is 12.7. The van der Waals surface area contributed by atoms with Crippen LogP contribution in [0.1, 0.15) is 37.0 Å². The number of carbonyl (C=O) groups is 1. The van der Waals surface area contributed by atoms with Crippen LogP contribution in [0.3, 0.4) is 0 Å². The highest BCUT2D eigenvalue weighted by Crippen LogP contribution is 2.34. The topological polar surface area (TPSA) is 84.8 Å². The molecule has 1 amide bonds. The standard InChI is InChI=1S/C27H36N6O3/c1-17-6-7-18(2)33(17)24-9-8-19(14-29-24)26-30-22-12-20(27(34)28-3)13-23(35-5)25(22)32(26)16-21-15-31(4)10-11-36-21/h8-9,12-14,17-18,21H,6-7,10-11,15-16H2,1-5H3,(H,28,34)/t17-,18-,21-/m0/s1. The monoisotopic (exact) mass is 492 g/mol. The van der Waals surface area contributed by atoms with Crippen molar-refractivity contribution in [2.45, 2.75) is 51.4 Å². The molecule has 0 aliphatic carbocycles. The fourth-order valence-corrected chi connectivity index (χ4v) is 5.56. The molecule has 2 aromatic heterocycles. The quantitative estimate of drug-likeness (QED) is 0.566. The number of methoxy groups -OCH3 is 1. The summed E-state index contributed by atoms with van der Waals surface area (Å²) in [5, 5.41) is 2.69. The second-order valence-electron chi connectivity index (χ2n) is 10.0. The molecular weight excluding hydrogens is 456 g/mol. The Hall–Kier alpha value is -3.17. The molecule has 0 bridgehead atoms. The minimum Gasteiger partial charge on any atom is -0.494 e. The van der Waals surface area contributed by atoms with Gasteiger partial charge >= 0.3 is 0 Å². The zero-order valence-electron chi connectivity index (χ0n) is 21.8. The van der Waals surface area contributed by atoms with E-state index in [9.17, 15) is 4.79 Å². The number of hydrogen-bond acceptors (Lipinski definition) is 7. The van der Waals surface area contributed by atoms with Crippen LogP contribution >= 0.6 is 0 Å². The first kappa shape index (κ1) is 24.5. The fourth-order valence-electron chi connectivity index (χ4n) is 5.56. The van der Waals surface area contributed by atoms with Gasteiger partial charge in [0.15, 0.2) is 0 Å². The third-order valence-corrected chi connectivity index (χ3v) is 7.47. The second kappa shape index (κ2) is 10.1. The Labute approximate surface area is 212 Å². The number of benzene rings is 1. The van der Waals surface area contributed by atoms with Crippen molar-refractivity contribution < 1.29 is 14.3 Å². The molecule has 36 heavy (non-hydrogen) atoms. The van der Waals surface area contributed by atoms with Crippen LogP contribution in [0.4, 0.5) is 5.82 Å². The molecule has 9 heteroatoms. The smallest absolute Gasteiger partial charge is 0.251 e. The van der Waals surface area contributed by atoms with E-state index in [1.165, 1.54) is 12.8 Å². The highest BCUT2D eigenvalue weighted by atomic mass is 16.5. The van der Waals surface area contributed by atoms with E-state index in [2.05, 4.69) is 52.7 Å². The molecule has 1 aromatic carbocycles. The first-order valence-corrected chi connectivity index (χ1v) is 12.7. The summed E-state index contributed by atoms with van der Waals surface area (Å²) < 4.78 is 14.0. The molecule has 0 saturated carbocycles. The number of likely N-dealkylation sites (N-methyl/N-ethyl adjacent to an activating group) is 1. The van der Waals surface area contributed by atoms with E-state index in [0.717, 1.165) is 35.8 Å². The van der Waals surface area contributed by atoms with Gasteiger partial charge in [0.1, 0.15) is 22.9 Å². The van der Waals surface area contributed by atoms with E-state index in [0.29, 0.717) is 42.1 Å². The summed E-state index contributed by atoms with van der Waals surface area (Å²) >= 11 is 0. The molecule has 2 saturated heterocycles. The SMILES string of the molecule is CNC(=O)c1cc(OC)c2c(c1)nc(-c1ccc(N3[C@@H](C)CC[C@@H]3C)nc1)n2C[C@@H]1CN(C)CCO1. The summed E-state index contributed by atoms with van der Waals surface area (Å²) in [5.41, 5.74) is 2.99. The Morgan fingerprint density at radius 3 is 2.64 bits per heavy atom. The molecule has 4 heterocycles. The predicted molar refractivity (Wildman–Crippen MR) is 141 cm³/mol. The van der Waals surface area contributed by atoms with Crippen LogP contribution in [-0.2, 0) is 11.3 Å². The summed E-state index contributed by atoms with van der Waals surface area (Å²) in [7, 11) is 5.36. The fraction of sp³-hybridized carbons (Fsp3) is 0.519. The Morgan fingerprint density at radius 2 is 2.00 bits per heavy atom. The van der Waals surface area contributed by atoms with Crippen LogP contribution < -0.4 is 15.0 Å². The second-order valence-corrected chi connectivity index (χ2v) is 10.0. The summed E-state index contributed by atoms with van der Waals surface area (Å²) in [6, 6.07) is 8.74. The summed E-state index contributed by atoms with van der Waals surface area (Å²) in [4.78, 5) is 26.9. The van der Waals surface area contributed by atoms with Gasteiger partial charge in [-0.05, 0) is 58.0 Å². The van der Waals surface area contributed by atoms with Gasteiger partial charge in [-0.2, -0.15) is 0 Å². The molecule has 2 aliphatic heterocycles. The van der Waals surface area contributed by atoms with Crippen molar-refractivity contribution in [2.75, 3.05) is 45.8 Å². The van der Waals surface area contributed by atoms with Gasteiger partial charge in [0.2, 0.25) is 0 Å². The number of anilines is 1. The molecule has 0 unspecified atom stereocenters. The predicted octanol–water partition coefficient (Wildman–Crippen LogP) is 3.17. The maximum atomic E-state index is 12.4. The summed E-state index contributed by atoms with van der Waals surface area (Å²) in [6.45, 7) is 7.59. The zero-order valence-corrected chi connectivity index (χ0v) is 21.8. The van der Waals surface area contributed by atoms with Crippen molar-refractivity contribution >= 4 is 22.8 Å². The third kappa shape index (κ3) is 4.53. The minimum atomic E-state index is -0.177. The van der Waals surface area contributed by atoms with Crippen molar-refractivity contribution in [3.63, 3.8) is 0 Å². The Balaban J connectivity index is 1.60. The first-order chi connectivity index (χ1) is 17.4. The highest BCUT2D eigenvalue weighted by molar-refractivity contribution is 5.99. The third-order valence-electron chi connectivity index (χ3n) is 7.47. The Bertz CT molecular complexity index is 1230. The van der Waals surface area contributed by atoms with E-state index >= 15 is 0 Å². The van der Waals surface area contributed by atoms with Crippen LogP contribution in [0.2, 0.25) is 0 Å².